The molecular weight excluding hydrogens is 409 g/mol. The molecule has 0 amide bonds. The molecule has 28 heavy (non-hydrogen) atoms. The second-order valence-electron chi connectivity index (χ2n) is 6.35. The van der Waals surface area contributed by atoms with E-state index in [0.717, 1.165) is 21.3 Å². The number of aliphatic hydroxyl groups is 1. The van der Waals surface area contributed by atoms with Crippen LogP contribution in [0.15, 0.2) is 29.6 Å². The van der Waals surface area contributed by atoms with E-state index >= 15 is 0 Å². The summed E-state index contributed by atoms with van der Waals surface area (Å²) in [7, 11) is 0. The molecule has 0 aliphatic rings. The van der Waals surface area contributed by atoms with Crippen LogP contribution in [0.2, 0.25) is 0 Å². The Kier molecular flexibility index (Phi) is 5.97. The number of alkyl halides is 3. The molecule has 0 aliphatic carbocycles. The van der Waals surface area contributed by atoms with Crippen LogP contribution in [0, 0.1) is 13.8 Å². The Balaban J connectivity index is 1.62. The van der Waals surface area contributed by atoms with Gasteiger partial charge in [-0.3, -0.25) is 4.79 Å². The van der Waals surface area contributed by atoms with Gasteiger partial charge in [-0.1, -0.05) is 24.3 Å². The summed E-state index contributed by atoms with van der Waals surface area (Å²) in [4.78, 5) is 22.2. The third kappa shape index (κ3) is 4.84. The number of carbonyl (C=O) groups excluding carboxylic acids is 1. The van der Waals surface area contributed by atoms with E-state index in [9.17, 15) is 23.1 Å². The van der Waals surface area contributed by atoms with Crippen molar-refractivity contribution in [2.75, 3.05) is 0 Å². The fraction of sp³-hybridized carbons (Fsp3) is 0.316. The molecule has 0 aliphatic heterocycles. The number of ketones is 1. The van der Waals surface area contributed by atoms with Crippen molar-refractivity contribution in [2.45, 2.75) is 39.0 Å². The number of hydrogen-bond acceptors (Lipinski definition) is 6. The van der Waals surface area contributed by atoms with Gasteiger partial charge in [0.05, 0.1) is 27.7 Å². The summed E-state index contributed by atoms with van der Waals surface area (Å²) >= 11 is 2.95. The number of aryl methyl sites for hydroxylation is 2. The SMILES string of the molecule is Cc1nc(C)c(-c2csc(CC(=O)Cc3ccc(C(O)C(F)(F)F)cc3)n2)s1. The third-order valence-electron chi connectivity index (χ3n) is 4.04. The van der Waals surface area contributed by atoms with Crippen LogP contribution in [0.1, 0.15) is 32.9 Å². The molecule has 148 valence electrons. The summed E-state index contributed by atoms with van der Waals surface area (Å²) in [6, 6.07) is 5.24. The van der Waals surface area contributed by atoms with E-state index in [1.54, 1.807) is 11.3 Å². The van der Waals surface area contributed by atoms with E-state index in [-0.39, 0.29) is 24.2 Å². The van der Waals surface area contributed by atoms with Gasteiger partial charge in [-0.15, -0.1) is 22.7 Å². The molecule has 0 spiro atoms. The summed E-state index contributed by atoms with van der Waals surface area (Å²) in [6.07, 6.45) is -6.98. The van der Waals surface area contributed by atoms with Crippen molar-refractivity contribution in [2.24, 2.45) is 0 Å². The molecule has 0 saturated heterocycles. The van der Waals surface area contributed by atoms with E-state index < -0.39 is 12.3 Å². The number of rotatable bonds is 6. The van der Waals surface area contributed by atoms with Crippen molar-refractivity contribution in [3.63, 3.8) is 0 Å². The minimum Gasteiger partial charge on any atom is -0.379 e. The lowest BCUT2D eigenvalue weighted by molar-refractivity contribution is -0.206. The lowest BCUT2D eigenvalue weighted by Crippen LogP contribution is -2.20. The molecular formula is C19H17F3N2O2S2. The van der Waals surface area contributed by atoms with Crippen LogP contribution in [-0.2, 0) is 17.6 Å². The standard InChI is InChI=1S/C19H17F3N2O2S2/c1-10-17(28-11(2)23-10)15-9-27-16(24-15)8-14(25)7-12-3-5-13(6-4-12)18(26)19(20,21)22/h3-6,9,18,26H,7-8H2,1-2H3. The molecule has 1 aromatic carbocycles. The smallest absolute Gasteiger partial charge is 0.379 e. The Bertz CT molecular complexity index is 978. The van der Waals surface area contributed by atoms with Gasteiger partial charge in [-0.05, 0) is 25.0 Å². The first-order valence-corrected chi connectivity index (χ1v) is 10.1. The lowest BCUT2D eigenvalue weighted by atomic mass is 10.0. The maximum atomic E-state index is 12.5. The van der Waals surface area contributed by atoms with Crippen LogP contribution in [0.25, 0.3) is 10.6 Å². The van der Waals surface area contributed by atoms with Crippen LogP contribution in [0.5, 0.6) is 0 Å². The average molecular weight is 426 g/mol. The molecule has 2 heterocycles. The van der Waals surface area contributed by atoms with Gasteiger partial charge in [0.2, 0.25) is 0 Å². The first-order valence-electron chi connectivity index (χ1n) is 8.37. The van der Waals surface area contributed by atoms with Crippen molar-refractivity contribution in [3.05, 3.63) is 56.5 Å². The summed E-state index contributed by atoms with van der Waals surface area (Å²) in [5.74, 6) is -0.0813. The number of Topliss-reactive ketones (excluding diaryl/α,β-unsaturated/α-hetero) is 1. The van der Waals surface area contributed by atoms with Crippen molar-refractivity contribution < 1.29 is 23.1 Å². The van der Waals surface area contributed by atoms with Gasteiger partial charge in [-0.2, -0.15) is 13.2 Å². The Hall–Kier alpha value is -2.10. The van der Waals surface area contributed by atoms with E-state index in [2.05, 4.69) is 9.97 Å². The molecule has 1 atom stereocenters. The molecule has 0 fully saturated rings. The van der Waals surface area contributed by atoms with Crippen LogP contribution < -0.4 is 0 Å². The van der Waals surface area contributed by atoms with Gasteiger partial charge in [-0.25, -0.2) is 9.97 Å². The van der Waals surface area contributed by atoms with E-state index in [1.165, 1.54) is 35.6 Å². The van der Waals surface area contributed by atoms with Gasteiger partial charge in [0, 0.05) is 11.8 Å². The largest absolute Gasteiger partial charge is 0.418 e. The minimum atomic E-state index is -4.71. The highest BCUT2D eigenvalue weighted by Gasteiger charge is 2.39. The third-order valence-corrected chi connectivity index (χ3v) is 5.99. The number of benzene rings is 1. The fourth-order valence-electron chi connectivity index (χ4n) is 2.73. The molecule has 2 aromatic heterocycles. The highest BCUT2D eigenvalue weighted by Crippen LogP contribution is 2.33. The van der Waals surface area contributed by atoms with Crippen LogP contribution in [0.4, 0.5) is 13.2 Å². The number of thiazole rings is 2. The number of carbonyl (C=O) groups is 1. The van der Waals surface area contributed by atoms with Crippen molar-refractivity contribution in [3.8, 4) is 10.6 Å². The quantitative estimate of drug-likeness (QED) is 0.613. The van der Waals surface area contributed by atoms with Gasteiger partial charge in [0.25, 0.3) is 0 Å². The van der Waals surface area contributed by atoms with E-state index in [4.69, 9.17) is 0 Å². The summed E-state index contributed by atoms with van der Waals surface area (Å²) in [6.45, 7) is 3.85. The molecule has 1 N–H and O–H groups in total. The van der Waals surface area contributed by atoms with E-state index in [0.29, 0.717) is 10.6 Å². The first kappa shape index (κ1) is 20.6. The van der Waals surface area contributed by atoms with Crippen molar-refractivity contribution >= 4 is 28.5 Å². The van der Waals surface area contributed by atoms with Crippen LogP contribution in [-0.4, -0.2) is 27.0 Å². The Morgan fingerprint density at radius 2 is 1.82 bits per heavy atom. The predicted octanol–water partition coefficient (Wildman–Crippen LogP) is 4.83. The Morgan fingerprint density at radius 1 is 1.14 bits per heavy atom. The molecule has 0 saturated carbocycles. The predicted molar refractivity (Wildman–Crippen MR) is 103 cm³/mol. The maximum absolute atomic E-state index is 12.5. The van der Waals surface area contributed by atoms with Crippen LogP contribution >= 0.6 is 22.7 Å². The minimum absolute atomic E-state index is 0.0813. The van der Waals surface area contributed by atoms with Crippen LogP contribution in [0.3, 0.4) is 0 Å². The number of hydrogen-bond donors (Lipinski definition) is 1. The average Bonchev–Trinajstić information content (AvgIpc) is 3.19. The number of aromatic nitrogens is 2. The van der Waals surface area contributed by atoms with Gasteiger partial charge >= 0.3 is 6.18 Å². The highest BCUT2D eigenvalue weighted by atomic mass is 32.1. The number of halogens is 3. The molecule has 0 bridgehead atoms. The van der Waals surface area contributed by atoms with E-state index in [1.807, 2.05) is 19.2 Å². The zero-order valence-corrected chi connectivity index (χ0v) is 16.7. The summed E-state index contributed by atoms with van der Waals surface area (Å²) < 4.78 is 37.6. The first-order chi connectivity index (χ1) is 13.1. The molecule has 9 heteroatoms. The number of nitrogens with zero attached hydrogens (tertiary/aromatic N) is 2. The zero-order chi connectivity index (χ0) is 20.5. The topological polar surface area (TPSA) is 63.1 Å². The van der Waals surface area contributed by atoms with Gasteiger partial charge in [0.15, 0.2) is 6.10 Å². The molecule has 0 radical (unpaired) electrons. The lowest BCUT2D eigenvalue weighted by Gasteiger charge is -2.14. The van der Waals surface area contributed by atoms with Gasteiger partial charge in [0.1, 0.15) is 10.8 Å². The second-order valence-corrected chi connectivity index (χ2v) is 8.50. The Labute approximate surface area is 167 Å². The van der Waals surface area contributed by atoms with Crippen molar-refractivity contribution in [1.82, 2.24) is 9.97 Å². The molecule has 3 rings (SSSR count). The zero-order valence-electron chi connectivity index (χ0n) is 15.1. The normalized spacial score (nSPS) is 12.9. The molecule has 3 aromatic rings. The highest BCUT2D eigenvalue weighted by molar-refractivity contribution is 7.16. The maximum Gasteiger partial charge on any atom is 0.418 e. The summed E-state index contributed by atoms with van der Waals surface area (Å²) in [5.41, 5.74) is 2.06. The number of aliphatic hydroxyl groups excluding tert-OH is 1. The second kappa shape index (κ2) is 8.10. The Morgan fingerprint density at radius 3 is 2.39 bits per heavy atom. The molecule has 4 nitrogen and oxygen atoms in total. The molecule has 1 unspecified atom stereocenters. The van der Waals surface area contributed by atoms with Crippen molar-refractivity contribution in [1.29, 1.82) is 0 Å². The van der Waals surface area contributed by atoms with Gasteiger partial charge < -0.3 is 5.11 Å². The summed E-state index contributed by atoms with van der Waals surface area (Å²) in [5, 5.41) is 12.8. The monoisotopic (exact) mass is 426 g/mol. The fourth-order valence-corrected chi connectivity index (χ4v) is 4.50.